The van der Waals surface area contributed by atoms with Gasteiger partial charge in [-0.25, -0.2) is 0 Å². The van der Waals surface area contributed by atoms with Crippen molar-refractivity contribution >= 4 is 11.7 Å². The first-order valence-electron chi connectivity index (χ1n) is 9.54. The molecule has 23 heavy (non-hydrogen) atoms. The molecule has 1 amide bonds. The largest absolute Gasteiger partial charge is 0.356 e. The number of hydrogen-bond donors (Lipinski definition) is 1. The average Bonchev–Trinajstić information content (AvgIpc) is 2.55. The number of hydrogen-bond acceptors (Lipinski definition) is 3. The highest BCUT2D eigenvalue weighted by molar-refractivity contribution is 5.82. The van der Waals surface area contributed by atoms with Gasteiger partial charge in [-0.2, -0.15) is 0 Å². The molecule has 1 aliphatic heterocycles. The van der Waals surface area contributed by atoms with Crippen LogP contribution >= 0.6 is 0 Å². The molecule has 0 aromatic rings. The van der Waals surface area contributed by atoms with Crippen LogP contribution in [0.15, 0.2) is 0 Å². The van der Waals surface area contributed by atoms with Crippen LogP contribution in [0.1, 0.15) is 73.1 Å². The number of carbonyl (C=O) groups excluding carboxylic acids is 2. The Morgan fingerprint density at radius 1 is 1.13 bits per heavy atom. The SMILES string of the molecule is CC.CCNC(=O)CCCCC1CCN(CC(=O)C(C)C)CC1. The van der Waals surface area contributed by atoms with Crippen LogP contribution < -0.4 is 5.32 Å². The molecule has 0 unspecified atom stereocenters. The van der Waals surface area contributed by atoms with Gasteiger partial charge in [-0.3, -0.25) is 14.5 Å². The monoisotopic (exact) mass is 326 g/mol. The summed E-state index contributed by atoms with van der Waals surface area (Å²) in [5, 5.41) is 2.84. The zero-order valence-electron chi connectivity index (χ0n) is 16.0. The minimum absolute atomic E-state index is 0.150. The molecule has 1 fully saturated rings. The van der Waals surface area contributed by atoms with Gasteiger partial charge in [-0.05, 0) is 45.2 Å². The summed E-state index contributed by atoms with van der Waals surface area (Å²) in [4.78, 5) is 25.4. The van der Waals surface area contributed by atoms with Crippen LogP contribution in [-0.4, -0.2) is 42.8 Å². The fraction of sp³-hybridized carbons (Fsp3) is 0.895. The molecule has 1 saturated heterocycles. The van der Waals surface area contributed by atoms with Crippen molar-refractivity contribution in [3.8, 4) is 0 Å². The van der Waals surface area contributed by atoms with E-state index in [-0.39, 0.29) is 11.8 Å². The zero-order chi connectivity index (χ0) is 17.7. The molecule has 1 N–H and O–H groups in total. The molecule has 0 spiro atoms. The van der Waals surface area contributed by atoms with E-state index in [2.05, 4.69) is 10.2 Å². The number of rotatable bonds is 9. The molecule has 1 rings (SSSR count). The number of amides is 1. The number of unbranched alkanes of at least 4 members (excludes halogenated alkanes) is 1. The number of ketones is 1. The summed E-state index contributed by atoms with van der Waals surface area (Å²) in [6.45, 7) is 13.4. The van der Waals surface area contributed by atoms with Gasteiger partial charge in [-0.15, -0.1) is 0 Å². The topological polar surface area (TPSA) is 49.4 Å². The Hall–Kier alpha value is -0.900. The van der Waals surface area contributed by atoms with E-state index in [0.717, 1.165) is 38.4 Å². The number of nitrogens with one attached hydrogen (secondary N) is 1. The molecule has 0 atom stereocenters. The Kier molecular flexibility index (Phi) is 13.0. The standard InChI is InChI=1S/C17H32N2O2.C2H6/c1-4-18-17(21)8-6-5-7-15-9-11-19(12-10-15)13-16(20)14(2)3;1-2/h14-15H,4-13H2,1-3H3,(H,18,21);1-2H3. The van der Waals surface area contributed by atoms with E-state index in [1.165, 1.54) is 19.3 Å². The van der Waals surface area contributed by atoms with Crippen LogP contribution in [0.5, 0.6) is 0 Å². The Bertz CT molecular complexity index is 321. The second kappa shape index (κ2) is 13.5. The third kappa shape index (κ3) is 10.5. The molecule has 1 heterocycles. The molecular formula is C19H38N2O2. The molecule has 0 aromatic carbocycles. The third-order valence-corrected chi connectivity index (χ3v) is 4.37. The number of piperidine rings is 1. The predicted molar refractivity (Wildman–Crippen MR) is 97.5 cm³/mol. The maximum absolute atomic E-state index is 11.7. The maximum atomic E-state index is 11.7. The first kappa shape index (κ1) is 22.1. The smallest absolute Gasteiger partial charge is 0.219 e. The second-order valence-corrected chi connectivity index (χ2v) is 6.54. The lowest BCUT2D eigenvalue weighted by Crippen LogP contribution is -2.38. The lowest BCUT2D eigenvalue weighted by Gasteiger charge is -2.31. The summed E-state index contributed by atoms with van der Waals surface area (Å²) in [7, 11) is 0. The number of carbonyl (C=O) groups is 2. The van der Waals surface area contributed by atoms with Crippen molar-refractivity contribution in [1.82, 2.24) is 10.2 Å². The van der Waals surface area contributed by atoms with Crippen LogP contribution in [-0.2, 0) is 9.59 Å². The summed E-state index contributed by atoms with van der Waals surface area (Å²) in [6.07, 6.45) is 6.44. The quantitative estimate of drug-likeness (QED) is 0.658. The molecule has 0 bridgehead atoms. The van der Waals surface area contributed by atoms with Crippen LogP contribution in [0.25, 0.3) is 0 Å². The maximum Gasteiger partial charge on any atom is 0.219 e. The minimum Gasteiger partial charge on any atom is -0.356 e. The minimum atomic E-state index is 0.150. The summed E-state index contributed by atoms with van der Waals surface area (Å²) >= 11 is 0. The number of nitrogens with zero attached hydrogens (tertiary/aromatic N) is 1. The van der Waals surface area contributed by atoms with Crippen molar-refractivity contribution in [2.45, 2.75) is 73.1 Å². The highest BCUT2D eigenvalue weighted by atomic mass is 16.1. The number of Topliss-reactive ketones (excluding diaryl/α,β-unsaturated/α-hetero) is 1. The summed E-state index contributed by atoms with van der Waals surface area (Å²) < 4.78 is 0. The Morgan fingerprint density at radius 3 is 2.26 bits per heavy atom. The predicted octanol–water partition coefficient (Wildman–Crippen LogP) is 3.65. The van der Waals surface area contributed by atoms with Crippen molar-refractivity contribution in [2.75, 3.05) is 26.2 Å². The third-order valence-electron chi connectivity index (χ3n) is 4.37. The van der Waals surface area contributed by atoms with E-state index in [1.54, 1.807) is 0 Å². The highest BCUT2D eigenvalue weighted by Gasteiger charge is 2.21. The fourth-order valence-electron chi connectivity index (χ4n) is 2.84. The zero-order valence-corrected chi connectivity index (χ0v) is 16.0. The van der Waals surface area contributed by atoms with Crippen molar-refractivity contribution in [3.63, 3.8) is 0 Å². The first-order valence-corrected chi connectivity index (χ1v) is 9.54. The van der Waals surface area contributed by atoms with Gasteiger partial charge in [0.05, 0.1) is 6.54 Å². The van der Waals surface area contributed by atoms with Gasteiger partial charge in [0, 0.05) is 18.9 Å². The Labute approximate surface area is 143 Å². The molecule has 4 heteroatoms. The Morgan fingerprint density at radius 2 is 1.74 bits per heavy atom. The normalized spacial score (nSPS) is 15.9. The molecule has 4 nitrogen and oxygen atoms in total. The van der Waals surface area contributed by atoms with Crippen molar-refractivity contribution in [3.05, 3.63) is 0 Å². The lowest BCUT2D eigenvalue weighted by atomic mass is 9.91. The number of likely N-dealkylation sites (tertiary alicyclic amines) is 1. The van der Waals surface area contributed by atoms with Crippen LogP contribution in [0.4, 0.5) is 0 Å². The van der Waals surface area contributed by atoms with Gasteiger partial charge < -0.3 is 5.32 Å². The Balaban J connectivity index is 0.00000232. The van der Waals surface area contributed by atoms with Crippen molar-refractivity contribution in [2.24, 2.45) is 11.8 Å². The van der Waals surface area contributed by atoms with Gasteiger partial charge in [0.25, 0.3) is 0 Å². The molecule has 0 aliphatic carbocycles. The van der Waals surface area contributed by atoms with Crippen molar-refractivity contribution < 1.29 is 9.59 Å². The van der Waals surface area contributed by atoms with Gasteiger partial charge in [0.15, 0.2) is 0 Å². The second-order valence-electron chi connectivity index (χ2n) is 6.54. The molecule has 1 aliphatic rings. The van der Waals surface area contributed by atoms with E-state index >= 15 is 0 Å². The van der Waals surface area contributed by atoms with E-state index in [4.69, 9.17) is 0 Å². The molecule has 0 saturated carbocycles. The summed E-state index contributed by atoms with van der Waals surface area (Å²) in [6, 6.07) is 0. The van der Waals surface area contributed by atoms with E-state index in [0.29, 0.717) is 18.7 Å². The summed E-state index contributed by atoms with van der Waals surface area (Å²) in [5.41, 5.74) is 0. The van der Waals surface area contributed by atoms with Gasteiger partial charge >= 0.3 is 0 Å². The van der Waals surface area contributed by atoms with E-state index < -0.39 is 0 Å². The van der Waals surface area contributed by atoms with Crippen LogP contribution in [0.2, 0.25) is 0 Å². The average molecular weight is 327 g/mol. The fourth-order valence-corrected chi connectivity index (χ4v) is 2.84. The highest BCUT2D eigenvalue weighted by Crippen LogP contribution is 2.23. The van der Waals surface area contributed by atoms with Crippen LogP contribution in [0.3, 0.4) is 0 Å². The van der Waals surface area contributed by atoms with Gasteiger partial charge in [0.1, 0.15) is 5.78 Å². The molecule has 136 valence electrons. The molecule has 0 radical (unpaired) electrons. The first-order chi connectivity index (χ1) is 11.0. The molecule has 0 aromatic heterocycles. The summed E-state index contributed by atoms with van der Waals surface area (Å²) in [5.74, 6) is 1.47. The lowest BCUT2D eigenvalue weighted by molar-refractivity contribution is -0.123. The van der Waals surface area contributed by atoms with E-state index in [9.17, 15) is 9.59 Å². The van der Waals surface area contributed by atoms with Gasteiger partial charge in [-0.1, -0.05) is 40.5 Å². The van der Waals surface area contributed by atoms with Crippen LogP contribution in [0, 0.1) is 11.8 Å². The van der Waals surface area contributed by atoms with Gasteiger partial charge in [0.2, 0.25) is 5.91 Å². The van der Waals surface area contributed by atoms with Crippen molar-refractivity contribution in [1.29, 1.82) is 0 Å². The van der Waals surface area contributed by atoms with E-state index in [1.807, 2.05) is 34.6 Å². The molecular weight excluding hydrogens is 288 g/mol.